The Bertz CT molecular complexity index is 497. The van der Waals surface area contributed by atoms with E-state index in [2.05, 4.69) is 39.1 Å². The van der Waals surface area contributed by atoms with Gasteiger partial charge in [0.15, 0.2) is 0 Å². The number of rotatable bonds is 3. The maximum Gasteiger partial charge on any atom is 0.0569 e. The van der Waals surface area contributed by atoms with Crippen molar-refractivity contribution >= 4 is 27.7 Å². The Morgan fingerprint density at radius 1 is 1.24 bits per heavy atom. The average molecular weight is 309 g/mol. The van der Waals surface area contributed by atoms with Gasteiger partial charge in [-0.05, 0) is 37.3 Å². The molecule has 88 valence electrons. The van der Waals surface area contributed by atoms with E-state index < -0.39 is 0 Å². The van der Waals surface area contributed by atoms with E-state index in [1.54, 1.807) is 11.8 Å². The summed E-state index contributed by atoms with van der Waals surface area (Å²) in [5, 5.41) is 0. The van der Waals surface area contributed by atoms with Gasteiger partial charge in [0.2, 0.25) is 0 Å². The van der Waals surface area contributed by atoms with Crippen molar-refractivity contribution in [3.63, 3.8) is 0 Å². The number of aromatic nitrogens is 1. The summed E-state index contributed by atoms with van der Waals surface area (Å²) in [6.45, 7) is 1.93. The molecule has 2 aromatic rings. The van der Waals surface area contributed by atoms with Gasteiger partial charge in [-0.3, -0.25) is 4.98 Å². The third-order valence-electron chi connectivity index (χ3n) is 2.26. The van der Waals surface area contributed by atoms with Crippen LogP contribution in [0.1, 0.15) is 18.7 Å². The van der Waals surface area contributed by atoms with E-state index in [1.165, 1.54) is 4.90 Å². The van der Waals surface area contributed by atoms with Gasteiger partial charge in [0, 0.05) is 26.5 Å². The van der Waals surface area contributed by atoms with Crippen molar-refractivity contribution in [2.75, 3.05) is 0 Å². The molecule has 2 N–H and O–H groups in total. The summed E-state index contributed by atoms with van der Waals surface area (Å²) >= 11 is 5.15. The number of nitrogens with two attached hydrogens (primary N) is 1. The van der Waals surface area contributed by atoms with Gasteiger partial charge in [-0.25, -0.2) is 0 Å². The highest BCUT2D eigenvalue weighted by Gasteiger charge is 2.02. The summed E-state index contributed by atoms with van der Waals surface area (Å²) in [6.07, 6.45) is 1.87. The van der Waals surface area contributed by atoms with Crippen molar-refractivity contribution in [3.05, 3.63) is 52.8 Å². The molecule has 0 amide bonds. The monoisotopic (exact) mass is 308 g/mol. The predicted octanol–water partition coefficient (Wildman–Crippen LogP) is 4.02. The van der Waals surface area contributed by atoms with Crippen LogP contribution >= 0.6 is 27.7 Å². The Morgan fingerprint density at radius 2 is 2.06 bits per heavy atom. The maximum atomic E-state index is 5.76. The smallest absolute Gasteiger partial charge is 0.0569 e. The van der Waals surface area contributed by atoms with Gasteiger partial charge in [0.25, 0.3) is 0 Å². The van der Waals surface area contributed by atoms with E-state index >= 15 is 0 Å². The van der Waals surface area contributed by atoms with E-state index in [4.69, 9.17) is 5.73 Å². The number of benzene rings is 1. The zero-order valence-electron chi connectivity index (χ0n) is 9.43. The first kappa shape index (κ1) is 12.6. The van der Waals surface area contributed by atoms with Crippen LogP contribution in [0, 0.1) is 0 Å². The normalized spacial score (nSPS) is 12.4. The van der Waals surface area contributed by atoms with Crippen molar-refractivity contribution < 1.29 is 0 Å². The van der Waals surface area contributed by atoms with Gasteiger partial charge >= 0.3 is 0 Å². The quantitative estimate of drug-likeness (QED) is 0.931. The van der Waals surface area contributed by atoms with Crippen LogP contribution in [-0.4, -0.2) is 4.98 Å². The third-order valence-corrected chi connectivity index (χ3v) is 3.72. The number of pyridine rings is 1. The number of halogens is 1. The van der Waals surface area contributed by atoms with E-state index in [9.17, 15) is 0 Å². The van der Waals surface area contributed by atoms with Gasteiger partial charge in [0.05, 0.1) is 5.69 Å². The molecule has 4 heteroatoms. The molecule has 0 aliphatic rings. The minimum atomic E-state index is -0.0140. The molecule has 2 nitrogen and oxygen atoms in total. The first-order chi connectivity index (χ1) is 8.15. The van der Waals surface area contributed by atoms with E-state index in [0.29, 0.717) is 0 Å². The third kappa shape index (κ3) is 3.56. The number of hydrogen-bond acceptors (Lipinski definition) is 3. The fourth-order valence-electron chi connectivity index (χ4n) is 1.39. The molecular weight excluding hydrogens is 296 g/mol. The molecule has 0 saturated carbocycles. The lowest BCUT2D eigenvalue weighted by atomic mass is 10.2. The highest BCUT2D eigenvalue weighted by molar-refractivity contribution is 9.10. The van der Waals surface area contributed by atoms with Gasteiger partial charge in [-0.15, -0.1) is 0 Å². The predicted molar refractivity (Wildman–Crippen MR) is 75.1 cm³/mol. The minimum absolute atomic E-state index is 0.0140. The van der Waals surface area contributed by atoms with E-state index in [0.717, 1.165) is 15.1 Å². The Balaban J connectivity index is 2.14. The Hall–Kier alpha value is -0.840. The largest absolute Gasteiger partial charge is 0.323 e. The average Bonchev–Trinajstić information content (AvgIpc) is 2.29. The molecule has 1 aromatic carbocycles. The zero-order valence-corrected chi connectivity index (χ0v) is 11.8. The summed E-state index contributed by atoms with van der Waals surface area (Å²) in [6, 6.07) is 12.2. The lowest BCUT2D eigenvalue weighted by Gasteiger charge is -2.06. The fraction of sp³-hybridized carbons (Fsp3) is 0.154. The molecule has 2 rings (SSSR count). The van der Waals surface area contributed by atoms with Crippen LogP contribution in [0.4, 0.5) is 0 Å². The molecule has 1 atom stereocenters. The molecular formula is C13H13BrN2S. The Labute approximate surface area is 114 Å². The second-order valence-electron chi connectivity index (χ2n) is 3.77. The Kier molecular flexibility index (Phi) is 4.20. The Morgan fingerprint density at radius 3 is 2.65 bits per heavy atom. The molecule has 17 heavy (non-hydrogen) atoms. The summed E-state index contributed by atoms with van der Waals surface area (Å²) in [5.74, 6) is 0. The van der Waals surface area contributed by atoms with Crippen LogP contribution in [0.2, 0.25) is 0 Å². The molecule has 0 aliphatic carbocycles. The first-order valence-electron chi connectivity index (χ1n) is 5.30. The maximum absolute atomic E-state index is 5.76. The summed E-state index contributed by atoms with van der Waals surface area (Å²) < 4.78 is 1.09. The van der Waals surface area contributed by atoms with Gasteiger partial charge in [-0.2, -0.15) is 0 Å². The summed E-state index contributed by atoms with van der Waals surface area (Å²) in [5.41, 5.74) is 6.68. The summed E-state index contributed by atoms with van der Waals surface area (Å²) in [7, 11) is 0. The highest BCUT2D eigenvalue weighted by Crippen LogP contribution is 2.29. The molecule has 0 saturated heterocycles. The lowest BCUT2D eigenvalue weighted by Crippen LogP contribution is -2.06. The number of nitrogens with zero attached hydrogens (tertiary/aromatic N) is 1. The van der Waals surface area contributed by atoms with Gasteiger partial charge in [-0.1, -0.05) is 33.8 Å². The second-order valence-corrected chi connectivity index (χ2v) is 5.83. The van der Waals surface area contributed by atoms with Crippen LogP contribution in [0.5, 0.6) is 0 Å². The molecule has 0 bridgehead atoms. The van der Waals surface area contributed by atoms with Crippen LogP contribution in [-0.2, 0) is 0 Å². The van der Waals surface area contributed by atoms with Crippen LogP contribution in [0.3, 0.4) is 0 Å². The lowest BCUT2D eigenvalue weighted by molar-refractivity contribution is 0.777. The molecule has 0 aliphatic heterocycles. The molecule has 1 heterocycles. The molecule has 0 radical (unpaired) electrons. The minimum Gasteiger partial charge on any atom is -0.323 e. The van der Waals surface area contributed by atoms with Crippen molar-refractivity contribution in [2.45, 2.75) is 22.8 Å². The van der Waals surface area contributed by atoms with Gasteiger partial charge < -0.3 is 5.73 Å². The fourth-order valence-corrected chi connectivity index (χ4v) is 2.78. The SMILES string of the molecule is C[C@H](N)c1ccc(Sc2cccc(Br)c2)cn1. The van der Waals surface area contributed by atoms with Gasteiger partial charge in [0.1, 0.15) is 0 Å². The second kappa shape index (κ2) is 5.67. The van der Waals surface area contributed by atoms with Crippen molar-refractivity contribution in [2.24, 2.45) is 5.73 Å². The van der Waals surface area contributed by atoms with Crippen molar-refractivity contribution in [1.82, 2.24) is 4.98 Å². The number of hydrogen-bond donors (Lipinski definition) is 1. The molecule has 0 unspecified atom stereocenters. The molecule has 0 fully saturated rings. The summed E-state index contributed by atoms with van der Waals surface area (Å²) in [4.78, 5) is 6.65. The highest BCUT2D eigenvalue weighted by atomic mass is 79.9. The van der Waals surface area contributed by atoms with E-state index in [-0.39, 0.29) is 6.04 Å². The van der Waals surface area contributed by atoms with Crippen molar-refractivity contribution in [1.29, 1.82) is 0 Å². The topological polar surface area (TPSA) is 38.9 Å². The first-order valence-corrected chi connectivity index (χ1v) is 6.91. The molecule has 1 aromatic heterocycles. The molecule has 0 spiro atoms. The van der Waals surface area contributed by atoms with Crippen molar-refractivity contribution in [3.8, 4) is 0 Å². The van der Waals surface area contributed by atoms with Crippen LogP contribution < -0.4 is 5.73 Å². The van der Waals surface area contributed by atoms with E-state index in [1.807, 2.05) is 31.3 Å². The zero-order chi connectivity index (χ0) is 12.3. The standard InChI is InChI=1S/C13H13BrN2S/c1-9(15)13-6-5-12(8-16-13)17-11-4-2-3-10(14)7-11/h2-9H,15H2,1H3/t9-/m0/s1. The van der Waals surface area contributed by atoms with Crippen LogP contribution in [0.25, 0.3) is 0 Å². The van der Waals surface area contributed by atoms with Crippen LogP contribution in [0.15, 0.2) is 56.9 Å².